The van der Waals surface area contributed by atoms with Gasteiger partial charge in [-0.2, -0.15) is 0 Å². The lowest BCUT2D eigenvalue weighted by Crippen LogP contribution is -2.38. The molecule has 0 fully saturated rings. The Morgan fingerprint density at radius 2 is 1.79 bits per heavy atom. The lowest BCUT2D eigenvalue weighted by molar-refractivity contribution is -0.127. The minimum atomic E-state index is -0.700. The average molecular weight is 479 g/mol. The number of para-hydroxylation sites is 2. The predicted molar refractivity (Wildman–Crippen MR) is 134 cm³/mol. The fraction of sp³-hybridized carbons (Fsp3) is 0.222. The molecular formula is C27H27ClN2O4. The van der Waals surface area contributed by atoms with Gasteiger partial charge in [0.2, 0.25) is 0 Å². The molecule has 6 nitrogen and oxygen atoms in total. The number of fused-ring (bicyclic) bond motifs is 1. The first-order chi connectivity index (χ1) is 16.5. The van der Waals surface area contributed by atoms with Crippen LogP contribution in [0.15, 0.2) is 72.9 Å². The highest BCUT2D eigenvalue weighted by Gasteiger charge is 2.25. The van der Waals surface area contributed by atoms with Crippen molar-refractivity contribution in [2.45, 2.75) is 18.9 Å². The number of hydrogen-bond donors (Lipinski definition) is 2. The topological polar surface area (TPSA) is 72.6 Å². The van der Waals surface area contributed by atoms with Crippen molar-refractivity contribution < 1.29 is 19.0 Å². The van der Waals surface area contributed by atoms with Crippen LogP contribution in [0.2, 0.25) is 5.02 Å². The first-order valence-corrected chi connectivity index (χ1v) is 11.4. The molecule has 0 saturated heterocycles. The fourth-order valence-electron chi connectivity index (χ4n) is 4.10. The molecule has 7 heteroatoms. The molecule has 0 aliphatic carbocycles. The zero-order chi connectivity index (χ0) is 24.1. The van der Waals surface area contributed by atoms with E-state index in [1.54, 1.807) is 45.4 Å². The molecule has 0 saturated carbocycles. The van der Waals surface area contributed by atoms with Gasteiger partial charge < -0.3 is 24.5 Å². The van der Waals surface area contributed by atoms with E-state index in [4.69, 9.17) is 25.8 Å². The first-order valence-electron chi connectivity index (χ1n) is 11.0. The fourth-order valence-corrected chi connectivity index (χ4v) is 4.28. The van der Waals surface area contributed by atoms with Crippen LogP contribution in [0.1, 0.15) is 24.0 Å². The monoisotopic (exact) mass is 478 g/mol. The molecule has 4 rings (SSSR count). The Morgan fingerprint density at radius 1 is 1.00 bits per heavy atom. The van der Waals surface area contributed by atoms with Gasteiger partial charge in [0, 0.05) is 40.1 Å². The van der Waals surface area contributed by atoms with Gasteiger partial charge in [0.1, 0.15) is 5.75 Å². The van der Waals surface area contributed by atoms with Crippen molar-refractivity contribution in [3.8, 4) is 17.2 Å². The summed E-state index contributed by atoms with van der Waals surface area (Å²) in [5.41, 5.74) is 2.98. The van der Waals surface area contributed by atoms with Crippen molar-refractivity contribution in [3.63, 3.8) is 0 Å². The van der Waals surface area contributed by atoms with Gasteiger partial charge in [-0.05, 0) is 42.8 Å². The Bertz CT molecular complexity index is 1290. The smallest absolute Gasteiger partial charge is 0.260 e. The highest BCUT2D eigenvalue weighted by atomic mass is 35.5. The number of aromatic nitrogens is 1. The Labute approximate surface area is 203 Å². The van der Waals surface area contributed by atoms with Crippen LogP contribution in [-0.2, 0) is 4.79 Å². The second-order valence-electron chi connectivity index (χ2n) is 7.89. The number of benzene rings is 3. The van der Waals surface area contributed by atoms with Crippen LogP contribution in [0.25, 0.3) is 10.9 Å². The van der Waals surface area contributed by atoms with E-state index in [1.165, 1.54) is 0 Å². The largest absolute Gasteiger partial charge is 0.493 e. The molecule has 0 radical (unpaired) electrons. The summed E-state index contributed by atoms with van der Waals surface area (Å²) in [6.07, 6.45) is 1.28. The zero-order valence-electron chi connectivity index (χ0n) is 19.3. The molecule has 0 bridgehead atoms. The van der Waals surface area contributed by atoms with Crippen molar-refractivity contribution >= 4 is 28.4 Å². The van der Waals surface area contributed by atoms with E-state index in [0.29, 0.717) is 28.8 Å². The average Bonchev–Trinajstić information content (AvgIpc) is 3.27. The number of hydrogen-bond acceptors (Lipinski definition) is 4. The number of nitrogens with one attached hydrogen (secondary N) is 2. The minimum Gasteiger partial charge on any atom is -0.493 e. The van der Waals surface area contributed by atoms with Crippen LogP contribution >= 0.6 is 11.6 Å². The van der Waals surface area contributed by atoms with Crippen LogP contribution in [0.5, 0.6) is 17.2 Å². The molecule has 0 spiro atoms. The number of amides is 1. The number of H-pyrrole nitrogens is 1. The van der Waals surface area contributed by atoms with Gasteiger partial charge in [-0.3, -0.25) is 4.79 Å². The molecule has 34 heavy (non-hydrogen) atoms. The molecule has 1 heterocycles. The molecule has 4 aromatic rings. The molecule has 1 amide bonds. The van der Waals surface area contributed by atoms with Gasteiger partial charge in [0.15, 0.2) is 17.6 Å². The molecule has 0 aliphatic heterocycles. The number of halogens is 1. The van der Waals surface area contributed by atoms with E-state index in [1.807, 2.05) is 42.6 Å². The lowest BCUT2D eigenvalue weighted by Gasteiger charge is -2.23. The molecule has 0 aliphatic rings. The number of methoxy groups -OCH3 is 2. The van der Waals surface area contributed by atoms with E-state index in [0.717, 1.165) is 22.0 Å². The maximum atomic E-state index is 12.9. The predicted octanol–water partition coefficient (Wildman–Crippen LogP) is 5.55. The van der Waals surface area contributed by atoms with E-state index < -0.39 is 6.10 Å². The van der Waals surface area contributed by atoms with Gasteiger partial charge >= 0.3 is 0 Å². The summed E-state index contributed by atoms with van der Waals surface area (Å²) >= 11 is 6.03. The van der Waals surface area contributed by atoms with Crippen LogP contribution in [0.4, 0.5) is 0 Å². The summed E-state index contributed by atoms with van der Waals surface area (Å²) in [4.78, 5) is 16.3. The number of ether oxygens (including phenoxy) is 3. The van der Waals surface area contributed by atoms with Gasteiger partial charge in [-0.1, -0.05) is 48.0 Å². The second-order valence-corrected chi connectivity index (χ2v) is 8.32. The molecule has 2 atom stereocenters. The molecule has 176 valence electrons. The SMILES string of the molecule is COc1cccc(C(CNC(=O)C(C)Oc2cccc(Cl)c2)c2c[nH]c3ccccc23)c1OC. The van der Waals surface area contributed by atoms with Gasteiger partial charge in [0.05, 0.1) is 14.2 Å². The lowest BCUT2D eigenvalue weighted by atomic mass is 9.89. The van der Waals surface area contributed by atoms with E-state index in [-0.39, 0.29) is 11.8 Å². The van der Waals surface area contributed by atoms with Gasteiger partial charge in [0.25, 0.3) is 5.91 Å². The van der Waals surface area contributed by atoms with Crippen molar-refractivity contribution in [2.75, 3.05) is 20.8 Å². The van der Waals surface area contributed by atoms with Crippen LogP contribution < -0.4 is 19.5 Å². The summed E-state index contributed by atoms with van der Waals surface area (Å²) in [7, 11) is 3.23. The summed E-state index contributed by atoms with van der Waals surface area (Å²) in [5.74, 6) is 1.39. The van der Waals surface area contributed by atoms with E-state index in [2.05, 4.69) is 16.4 Å². The highest BCUT2D eigenvalue weighted by molar-refractivity contribution is 6.30. The van der Waals surface area contributed by atoms with Gasteiger partial charge in [-0.25, -0.2) is 0 Å². The van der Waals surface area contributed by atoms with E-state index in [9.17, 15) is 4.79 Å². The third kappa shape index (κ3) is 4.97. The summed E-state index contributed by atoms with van der Waals surface area (Å²) in [5, 5.41) is 4.68. The standard InChI is InChI=1S/C27H27ClN2O4/c1-17(34-19-9-6-8-18(28)14-19)27(31)30-16-23(21-11-7-13-25(32-2)26(21)33-3)22-15-29-24-12-5-4-10-20(22)24/h4-15,17,23,29H,16H2,1-3H3,(H,30,31). The third-order valence-corrected chi connectivity index (χ3v) is 6.00. The maximum absolute atomic E-state index is 12.9. The van der Waals surface area contributed by atoms with Crippen LogP contribution in [-0.4, -0.2) is 37.8 Å². The van der Waals surface area contributed by atoms with Crippen molar-refractivity contribution in [1.82, 2.24) is 10.3 Å². The Morgan fingerprint density at radius 3 is 2.56 bits per heavy atom. The Hall–Kier alpha value is -3.64. The van der Waals surface area contributed by atoms with Crippen molar-refractivity contribution in [1.29, 1.82) is 0 Å². The minimum absolute atomic E-state index is 0.191. The normalized spacial score (nSPS) is 12.7. The van der Waals surface area contributed by atoms with Crippen LogP contribution in [0, 0.1) is 0 Å². The molecule has 2 unspecified atom stereocenters. The zero-order valence-corrected chi connectivity index (χ0v) is 20.1. The Kier molecular flexibility index (Phi) is 7.28. The molecular weight excluding hydrogens is 452 g/mol. The number of rotatable bonds is 9. The number of carbonyl (C=O) groups excluding carboxylic acids is 1. The van der Waals surface area contributed by atoms with Crippen molar-refractivity contribution in [2.24, 2.45) is 0 Å². The first kappa shape index (κ1) is 23.5. The third-order valence-electron chi connectivity index (χ3n) is 5.76. The quantitative estimate of drug-likeness (QED) is 0.330. The molecule has 3 aromatic carbocycles. The summed E-state index contributed by atoms with van der Waals surface area (Å²) < 4.78 is 17.0. The highest BCUT2D eigenvalue weighted by Crippen LogP contribution is 2.40. The van der Waals surface area contributed by atoms with E-state index >= 15 is 0 Å². The maximum Gasteiger partial charge on any atom is 0.260 e. The summed E-state index contributed by atoms with van der Waals surface area (Å²) in [6.45, 7) is 2.05. The molecule has 1 aromatic heterocycles. The number of carbonyl (C=O) groups is 1. The van der Waals surface area contributed by atoms with Crippen LogP contribution in [0.3, 0.4) is 0 Å². The Balaban J connectivity index is 1.62. The van der Waals surface area contributed by atoms with Gasteiger partial charge in [-0.15, -0.1) is 0 Å². The summed E-state index contributed by atoms with van der Waals surface area (Å²) in [6, 6.07) is 20.8. The second kappa shape index (κ2) is 10.5. The molecule has 2 N–H and O–H groups in total. The van der Waals surface area contributed by atoms with Crippen molar-refractivity contribution in [3.05, 3.63) is 89.1 Å². The number of aromatic amines is 1.